The van der Waals surface area contributed by atoms with Gasteiger partial charge in [-0.15, -0.1) is 0 Å². The summed E-state index contributed by atoms with van der Waals surface area (Å²) >= 11 is 0. The minimum Gasteiger partial charge on any atom is -0.618 e. The van der Waals surface area contributed by atoms with Gasteiger partial charge < -0.3 is 5.21 Å². The largest absolute Gasteiger partial charge is 0.618 e. The van der Waals surface area contributed by atoms with Gasteiger partial charge in [0.05, 0.1) is 0 Å². The molecule has 3 heteroatoms. The van der Waals surface area contributed by atoms with E-state index in [0.717, 1.165) is 35.3 Å². The highest BCUT2D eigenvalue weighted by molar-refractivity contribution is 5.31. The molecule has 1 aromatic heterocycles. The number of nitriles is 1. The van der Waals surface area contributed by atoms with E-state index >= 15 is 0 Å². The van der Waals surface area contributed by atoms with E-state index in [1.165, 1.54) is 6.20 Å². The van der Waals surface area contributed by atoms with Crippen LogP contribution in [-0.4, -0.2) is 0 Å². The second kappa shape index (κ2) is 3.30. The first-order valence-electron chi connectivity index (χ1n) is 4.85. The van der Waals surface area contributed by atoms with E-state index < -0.39 is 0 Å². The molecule has 1 aromatic rings. The summed E-state index contributed by atoms with van der Waals surface area (Å²) in [6, 6.07) is 3.85. The number of nitrogens with zero attached hydrogens (tertiary/aromatic N) is 2. The Morgan fingerprint density at radius 2 is 2.43 bits per heavy atom. The summed E-state index contributed by atoms with van der Waals surface area (Å²) in [7, 11) is 0. The highest BCUT2D eigenvalue weighted by atomic mass is 16.5. The predicted octanol–water partition coefficient (Wildman–Crippen LogP) is 1.32. The topological polar surface area (TPSA) is 50.7 Å². The molecule has 1 aliphatic rings. The van der Waals surface area contributed by atoms with Gasteiger partial charge in [0.2, 0.25) is 0 Å². The molecule has 0 saturated carbocycles. The van der Waals surface area contributed by atoms with Crippen molar-refractivity contribution in [3.63, 3.8) is 0 Å². The molecule has 1 heterocycles. The monoisotopic (exact) mass is 188 g/mol. The Morgan fingerprint density at radius 1 is 1.64 bits per heavy atom. The lowest BCUT2D eigenvalue weighted by atomic mass is 9.88. The Balaban J connectivity index is 2.49. The van der Waals surface area contributed by atoms with E-state index in [-0.39, 0.29) is 0 Å². The molecule has 0 bridgehead atoms. The van der Waals surface area contributed by atoms with Crippen molar-refractivity contribution in [2.75, 3.05) is 0 Å². The van der Waals surface area contributed by atoms with E-state index in [0.29, 0.717) is 11.5 Å². The minimum atomic E-state index is 0.466. The van der Waals surface area contributed by atoms with Crippen LogP contribution >= 0.6 is 0 Å². The Hall–Kier alpha value is -1.56. The number of pyridine rings is 1. The first-order chi connectivity index (χ1) is 6.70. The second-order valence-corrected chi connectivity index (χ2v) is 3.99. The molecule has 14 heavy (non-hydrogen) atoms. The zero-order valence-electron chi connectivity index (χ0n) is 8.16. The van der Waals surface area contributed by atoms with Crippen molar-refractivity contribution in [2.45, 2.75) is 26.2 Å². The van der Waals surface area contributed by atoms with Crippen LogP contribution in [-0.2, 0) is 12.8 Å². The highest BCUT2D eigenvalue weighted by Crippen LogP contribution is 2.22. The van der Waals surface area contributed by atoms with Gasteiger partial charge in [0, 0.05) is 12.0 Å². The Labute approximate surface area is 83.2 Å². The lowest BCUT2D eigenvalue weighted by Crippen LogP contribution is -2.36. The van der Waals surface area contributed by atoms with Gasteiger partial charge in [0.1, 0.15) is 11.6 Å². The molecule has 2 rings (SSSR count). The van der Waals surface area contributed by atoms with Crippen molar-refractivity contribution in [1.82, 2.24) is 0 Å². The summed E-state index contributed by atoms with van der Waals surface area (Å²) in [5.41, 5.74) is 2.37. The van der Waals surface area contributed by atoms with E-state index in [4.69, 9.17) is 5.26 Å². The number of hydrogen-bond acceptors (Lipinski definition) is 2. The van der Waals surface area contributed by atoms with Gasteiger partial charge in [0.15, 0.2) is 11.9 Å². The van der Waals surface area contributed by atoms with Crippen molar-refractivity contribution >= 4 is 0 Å². The highest BCUT2D eigenvalue weighted by Gasteiger charge is 2.22. The number of fused-ring (bicyclic) bond motifs is 1. The molecule has 0 spiro atoms. The molecular formula is C11H12N2O. The third-order valence-corrected chi connectivity index (χ3v) is 2.80. The van der Waals surface area contributed by atoms with Crippen LogP contribution in [0.25, 0.3) is 0 Å². The molecule has 0 aliphatic heterocycles. The van der Waals surface area contributed by atoms with Crippen molar-refractivity contribution < 1.29 is 4.73 Å². The second-order valence-electron chi connectivity index (χ2n) is 3.99. The number of rotatable bonds is 0. The van der Waals surface area contributed by atoms with Gasteiger partial charge in [-0.25, -0.2) is 0 Å². The number of hydrogen-bond donors (Lipinski definition) is 0. The summed E-state index contributed by atoms with van der Waals surface area (Å²) in [5.74, 6) is 0.579. The maximum atomic E-state index is 11.6. The van der Waals surface area contributed by atoms with Crippen LogP contribution in [0.2, 0.25) is 0 Å². The van der Waals surface area contributed by atoms with Crippen LogP contribution in [0.15, 0.2) is 12.3 Å². The van der Waals surface area contributed by atoms with E-state index in [1.807, 2.05) is 12.1 Å². The van der Waals surface area contributed by atoms with E-state index in [2.05, 4.69) is 6.92 Å². The van der Waals surface area contributed by atoms with Crippen LogP contribution in [0.5, 0.6) is 0 Å². The molecule has 0 radical (unpaired) electrons. The molecule has 72 valence electrons. The predicted molar refractivity (Wildman–Crippen MR) is 51.3 cm³/mol. The third kappa shape index (κ3) is 1.44. The fraction of sp³-hybridized carbons (Fsp3) is 0.455. The minimum absolute atomic E-state index is 0.466. The summed E-state index contributed by atoms with van der Waals surface area (Å²) < 4.78 is 0.865. The Bertz CT molecular complexity index is 406. The molecule has 1 unspecified atom stereocenters. The zero-order valence-corrected chi connectivity index (χ0v) is 8.16. The molecule has 3 nitrogen and oxygen atoms in total. The molecule has 0 aromatic carbocycles. The normalized spacial score (nSPS) is 19.9. The van der Waals surface area contributed by atoms with Crippen LogP contribution in [0.3, 0.4) is 0 Å². The van der Waals surface area contributed by atoms with Crippen LogP contribution < -0.4 is 4.73 Å². The molecule has 1 atom stereocenters. The maximum Gasteiger partial charge on any atom is 0.198 e. The molecule has 0 N–H and O–H groups in total. The van der Waals surface area contributed by atoms with Gasteiger partial charge in [-0.2, -0.15) is 9.99 Å². The van der Waals surface area contributed by atoms with Crippen molar-refractivity contribution in [3.8, 4) is 6.07 Å². The Kier molecular flexibility index (Phi) is 2.12. The SMILES string of the molecule is CC1CCc2cc(C#N)c[n+]([O-])c2C1. The third-order valence-electron chi connectivity index (χ3n) is 2.80. The Morgan fingerprint density at radius 3 is 3.14 bits per heavy atom. The standard InChI is InChI=1S/C11H12N2O/c1-8-2-3-10-5-9(6-12)7-13(14)11(10)4-8/h5,7-8H,2-4H2,1H3. The summed E-state index contributed by atoms with van der Waals surface area (Å²) in [5, 5.41) is 20.3. The molecule has 1 aliphatic carbocycles. The van der Waals surface area contributed by atoms with Gasteiger partial charge in [-0.1, -0.05) is 6.92 Å². The van der Waals surface area contributed by atoms with E-state index in [9.17, 15) is 5.21 Å². The first-order valence-corrected chi connectivity index (χ1v) is 4.85. The average Bonchev–Trinajstić information content (AvgIpc) is 2.19. The van der Waals surface area contributed by atoms with Crippen LogP contribution in [0.4, 0.5) is 0 Å². The van der Waals surface area contributed by atoms with E-state index in [1.54, 1.807) is 0 Å². The summed E-state index contributed by atoms with van der Waals surface area (Å²) in [4.78, 5) is 0. The van der Waals surface area contributed by atoms with Crippen molar-refractivity contribution in [1.29, 1.82) is 5.26 Å². The molecule has 0 amide bonds. The fourth-order valence-electron chi connectivity index (χ4n) is 1.99. The van der Waals surface area contributed by atoms with Gasteiger partial charge in [-0.05, 0) is 24.8 Å². The molecule has 0 fully saturated rings. The molecular weight excluding hydrogens is 176 g/mol. The van der Waals surface area contributed by atoms with Gasteiger partial charge in [0.25, 0.3) is 0 Å². The molecule has 0 saturated heterocycles. The fourth-order valence-corrected chi connectivity index (χ4v) is 1.99. The van der Waals surface area contributed by atoms with Crippen molar-refractivity contribution in [3.05, 3.63) is 34.3 Å². The van der Waals surface area contributed by atoms with Crippen LogP contribution in [0, 0.1) is 22.5 Å². The summed E-state index contributed by atoms with van der Waals surface area (Å²) in [6.45, 7) is 2.15. The number of aryl methyl sites for hydroxylation is 1. The van der Waals surface area contributed by atoms with Gasteiger partial charge >= 0.3 is 0 Å². The zero-order chi connectivity index (χ0) is 10.1. The smallest absolute Gasteiger partial charge is 0.198 e. The quantitative estimate of drug-likeness (QED) is 0.455. The lowest BCUT2D eigenvalue weighted by molar-refractivity contribution is -0.615. The first kappa shape index (κ1) is 9.01. The maximum absolute atomic E-state index is 11.6. The van der Waals surface area contributed by atoms with Crippen molar-refractivity contribution in [2.24, 2.45) is 5.92 Å². The number of aromatic nitrogens is 1. The van der Waals surface area contributed by atoms with Crippen LogP contribution in [0.1, 0.15) is 30.2 Å². The summed E-state index contributed by atoms with van der Waals surface area (Å²) in [6.07, 6.45) is 4.25. The average molecular weight is 188 g/mol. The lowest BCUT2D eigenvalue weighted by Gasteiger charge is -2.19. The van der Waals surface area contributed by atoms with Gasteiger partial charge in [-0.3, -0.25) is 0 Å².